The molecule has 242 valence electrons. The Bertz CT molecular complexity index is 1320. The van der Waals surface area contributed by atoms with Crippen LogP contribution in [-0.4, -0.2) is 56.1 Å². The Hall–Kier alpha value is -2.52. The number of methoxy groups -OCH3 is 1. The van der Waals surface area contributed by atoms with Gasteiger partial charge in [0.25, 0.3) is 7.52 Å². The van der Waals surface area contributed by atoms with E-state index in [2.05, 4.69) is 42.1 Å². The van der Waals surface area contributed by atoms with Crippen molar-refractivity contribution in [3.8, 4) is 0 Å². The number of pyridine rings is 1. The van der Waals surface area contributed by atoms with Crippen LogP contribution in [0, 0.1) is 28.6 Å². The lowest BCUT2D eigenvalue weighted by atomic mass is 9.47. The second-order valence-electron chi connectivity index (χ2n) is 13.1. The highest BCUT2D eigenvalue weighted by atomic mass is 31.2. The van der Waals surface area contributed by atoms with Crippen molar-refractivity contribution in [1.29, 1.82) is 0 Å². The minimum Gasteiger partial charge on any atom is -0.465 e. The van der Waals surface area contributed by atoms with Crippen LogP contribution in [-0.2, 0) is 32.8 Å². The lowest BCUT2D eigenvalue weighted by Gasteiger charge is -2.57. The summed E-state index contributed by atoms with van der Waals surface area (Å²) in [7, 11) is -2.29. The van der Waals surface area contributed by atoms with E-state index < -0.39 is 32.5 Å². The monoisotopic (exact) mass is 630 g/mol. The summed E-state index contributed by atoms with van der Waals surface area (Å²) in [5.74, 6) is 1.30. The van der Waals surface area contributed by atoms with Gasteiger partial charge in [-0.2, -0.15) is 0 Å². The zero-order valence-corrected chi connectivity index (χ0v) is 27.5. The number of fused-ring (bicyclic) bond motifs is 5. The number of esters is 1. The number of rotatable bonds is 11. The standard InChI is InChI=1S/C33H47N2O8P/c1-6-40-30(36)22(2)35-44(38,21-39-5)42-20-41-31(37)43-25-13-15-32(3)24(18-25)9-10-26-28-12-11-27(23-8-7-17-34-19-23)33(28,4)16-14-29(26)32/h7-9,11,17,19,22,25-26,28-29H,6,10,12-16,18,20-21H2,1-5H3,(H,35,38)/t22-,25-,26-,28?,29?,32-,33+,44?/m0/s1. The minimum absolute atomic E-state index is 0.0995. The van der Waals surface area contributed by atoms with Crippen LogP contribution < -0.4 is 5.09 Å². The topological polar surface area (TPSA) is 122 Å². The lowest BCUT2D eigenvalue weighted by Crippen LogP contribution is -2.50. The van der Waals surface area contributed by atoms with Crippen LogP contribution in [0.5, 0.6) is 0 Å². The van der Waals surface area contributed by atoms with Crippen LogP contribution in [0.4, 0.5) is 4.79 Å². The predicted octanol–water partition coefficient (Wildman–Crippen LogP) is 6.87. The van der Waals surface area contributed by atoms with Crippen LogP contribution >= 0.6 is 7.52 Å². The molecule has 0 aliphatic heterocycles. The highest BCUT2D eigenvalue weighted by molar-refractivity contribution is 7.56. The first kappa shape index (κ1) is 32.9. The molecular weight excluding hydrogens is 583 g/mol. The quantitative estimate of drug-likeness (QED) is 0.120. The van der Waals surface area contributed by atoms with Crippen molar-refractivity contribution in [3.63, 3.8) is 0 Å². The summed E-state index contributed by atoms with van der Waals surface area (Å²) in [6, 6.07) is 3.33. The molecule has 5 rings (SSSR count). The molecule has 0 aromatic carbocycles. The summed E-state index contributed by atoms with van der Waals surface area (Å²) in [6.07, 6.45) is 14.2. The van der Waals surface area contributed by atoms with Crippen LogP contribution in [0.1, 0.15) is 78.2 Å². The normalized spacial score (nSPS) is 32.9. The molecule has 0 radical (unpaired) electrons. The summed E-state index contributed by atoms with van der Waals surface area (Å²) < 4.78 is 39.2. The van der Waals surface area contributed by atoms with E-state index in [-0.39, 0.29) is 29.9 Å². The first-order chi connectivity index (χ1) is 21.0. The van der Waals surface area contributed by atoms with Gasteiger partial charge >= 0.3 is 12.1 Å². The van der Waals surface area contributed by atoms with Crippen LogP contribution in [0.25, 0.3) is 5.57 Å². The zero-order chi connectivity index (χ0) is 31.5. The smallest absolute Gasteiger partial charge is 0.465 e. The maximum absolute atomic E-state index is 13.1. The summed E-state index contributed by atoms with van der Waals surface area (Å²) in [4.78, 5) is 28.9. The average Bonchev–Trinajstić information content (AvgIpc) is 3.35. The van der Waals surface area contributed by atoms with Gasteiger partial charge in [0, 0.05) is 25.9 Å². The van der Waals surface area contributed by atoms with Crippen molar-refractivity contribution >= 4 is 25.2 Å². The van der Waals surface area contributed by atoms with Crippen LogP contribution in [0.15, 0.2) is 42.3 Å². The van der Waals surface area contributed by atoms with Gasteiger partial charge in [-0.3, -0.25) is 18.9 Å². The Labute approximate surface area is 260 Å². The number of nitrogens with one attached hydrogen (secondary N) is 1. The Kier molecular flexibility index (Phi) is 10.0. The molecule has 3 unspecified atom stereocenters. The van der Waals surface area contributed by atoms with Crippen molar-refractivity contribution in [2.24, 2.45) is 28.6 Å². The fourth-order valence-corrected chi connectivity index (χ4v) is 9.97. The van der Waals surface area contributed by atoms with Gasteiger partial charge in [0.05, 0.1) is 6.61 Å². The number of hydrogen-bond acceptors (Lipinski definition) is 9. The average molecular weight is 631 g/mol. The Balaban J connectivity index is 1.15. The zero-order valence-electron chi connectivity index (χ0n) is 26.6. The summed E-state index contributed by atoms with van der Waals surface area (Å²) >= 11 is 0. The van der Waals surface area contributed by atoms with E-state index in [0.717, 1.165) is 25.7 Å². The molecule has 2 saturated carbocycles. The Morgan fingerprint density at radius 3 is 2.64 bits per heavy atom. The third-order valence-electron chi connectivity index (χ3n) is 10.6. The molecule has 44 heavy (non-hydrogen) atoms. The second kappa shape index (κ2) is 13.5. The molecule has 0 bridgehead atoms. The fraction of sp³-hybridized carbons (Fsp3) is 0.667. The summed E-state index contributed by atoms with van der Waals surface area (Å²) in [5, 5.41) is 2.61. The van der Waals surface area contributed by atoms with E-state index in [1.54, 1.807) is 6.92 Å². The fourth-order valence-electron chi connectivity index (χ4n) is 8.49. The highest BCUT2D eigenvalue weighted by Crippen LogP contribution is 2.66. The number of ether oxygens (including phenoxy) is 4. The van der Waals surface area contributed by atoms with E-state index in [0.29, 0.717) is 24.2 Å². The molecule has 1 N–H and O–H groups in total. The van der Waals surface area contributed by atoms with Gasteiger partial charge in [-0.05, 0) is 98.2 Å². The minimum atomic E-state index is -3.65. The van der Waals surface area contributed by atoms with Crippen LogP contribution in [0.2, 0.25) is 0 Å². The molecule has 4 aliphatic rings. The molecule has 2 fully saturated rings. The number of aromatic nitrogens is 1. The molecule has 0 spiro atoms. The van der Waals surface area contributed by atoms with Gasteiger partial charge < -0.3 is 18.9 Å². The first-order valence-corrected chi connectivity index (χ1v) is 17.6. The molecule has 0 amide bonds. The molecule has 4 aliphatic carbocycles. The van der Waals surface area contributed by atoms with E-state index in [1.165, 1.54) is 43.6 Å². The number of nitrogens with zero attached hydrogens (tertiary/aromatic N) is 1. The van der Waals surface area contributed by atoms with E-state index in [1.807, 2.05) is 18.5 Å². The summed E-state index contributed by atoms with van der Waals surface area (Å²) in [5.41, 5.74) is 4.40. The van der Waals surface area contributed by atoms with Crippen molar-refractivity contribution < 1.29 is 37.6 Å². The van der Waals surface area contributed by atoms with Crippen molar-refractivity contribution in [2.45, 2.75) is 84.8 Å². The van der Waals surface area contributed by atoms with Gasteiger partial charge in [-0.1, -0.05) is 37.6 Å². The van der Waals surface area contributed by atoms with Crippen molar-refractivity contribution in [3.05, 3.63) is 47.8 Å². The molecule has 1 heterocycles. The third kappa shape index (κ3) is 6.55. The van der Waals surface area contributed by atoms with E-state index in [4.69, 9.17) is 23.5 Å². The Morgan fingerprint density at radius 1 is 1.11 bits per heavy atom. The summed E-state index contributed by atoms with van der Waals surface area (Å²) in [6.45, 7) is 7.66. The van der Waals surface area contributed by atoms with E-state index in [9.17, 15) is 14.2 Å². The molecule has 1 aromatic rings. The number of allylic oxidation sites excluding steroid dienone is 3. The number of carbonyl (C=O) groups is 2. The largest absolute Gasteiger partial charge is 0.510 e. The molecular formula is C33H47N2O8P. The maximum Gasteiger partial charge on any atom is 0.510 e. The van der Waals surface area contributed by atoms with Crippen molar-refractivity contribution in [1.82, 2.24) is 10.1 Å². The molecule has 10 nitrogen and oxygen atoms in total. The van der Waals surface area contributed by atoms with Crippen molar-refractivity contribution in [2.75, 3.05) is 26.9 Å². The predicted molar refractivity (Wildman–Crippen MR) is 165 cm³/mol. The van der Waals surface area contributed by atoms with Gasteiger partial charge in [-0.25, -0.2) is 9.88 Å². The number of carbonyl (C=O) groups excluding carboxylic acids is 2. The maximum atomic E-state index is 13.1. The molecule has 1 aromatic heterocycles. The third-order valence-corrected chi connectivity index (χ3v) is 12.5. The van der Waals surface area contributed by atoms with Crippen LogP contribution in [0.3, 0.4) is 0 Å². The molecule has 11 heteroatoms. The first-order valence-electron chi connectivity index (χ1n) is 15.8. The van der Waals surface area contributed by atoms with E-state index >= 15 is 0 Å². The van der Waals surface area contributed by atoms with Gasteiger partial charge in [0.15, 0.2) is 0 Å². The highest BCUT2D eigenvalue weighted by Gasteiger charge is 2.57. The number of hydrogen-bond donors (Lipinski definition) is 1. The molecule has 8 atom stereocenters. The van der Waals surface area contributed by atoms with Gasteiger partial charge in [0.2, 0.25) is 6.79 Å². The Morgan fingerprint density at radius 2 is 1.91 bits per heavy atom. The molecule has 0 saturated heterocycles. The SMILES string of the molecule is CCOC(=O)[C@H](C)NP(=O)(COC)OCOC(=O)O[C@H]1CC[C@@]2(C)C(=CC[C@@H]3C2CC[C@]2(C)C(c4cccnc4)=CCC32)C1. The van der Waals surface area contributed by atoms with Gasteiger partial charge in [-0.15, -0.1) is 0 Å². The van der Waals surface area contributed by atoms with Gasteiger partial charge in [0.1, 0.15) is 18.5 Å². The second-order valence-corrected chi connectivity index (χ2v) is 15.3. The lowest BCUT2D eigenvalue weighted by molar-refractivity contribution is -0.144.